The number of aromatic nitrogens is 4. The minimum absolute atomic E-state index is 0.611. The van der Waals surface area contributed by atoms with Gasteiger partial charge in [0, 0.05) is 49.0 Å². The summed E-state index contributed by atoms with van der Waals surface area (Å²) in [7, 11) is 0. The standard InChI is InChI=1S/C53H31N5/c54-32-34-29-30-41(38-19-7-6-17-36(34)38)52-55-51-37-18-5-4-14-33(37)28-31-44(51)53(56-52)58-46-25-11-9-21-43(46)50-40(23-13-27-48(50)58)39-22-12-26-47-49(39)42-20-8-10-24-45(42)57(47)35-15-2-1-3-16-35/h1-31H. The second-order valence-corrected chi connectivity index (χ2v) is 14.8. The number of hydrogen-bond donors (Lipinski definition) is 0. The molecule has 268 valence electrons. The van der Waals surface area contributed by atoms with Crippen molar-refractivity contribution in [2.45, 2.75) is 0 Å². The summed E-state index contributed by atoms with van der Waals surface area (Å²) in [5, 5.41) is 19.7. The molecule has 0 aliphatic rings. The Morgan fingerprint density at radius 1 is 0.379 bits per heavy atom. The molecule has 0 amide bonds. The van der Waals surface area contributed by atoms with Gasteiger partial charge < -0.3 is 4.57 Å². The molecule has 5 heteroatoms. The predicted octanol–water partition coefficient (Wildman–Crippen LogP) is 13.3. The molecule has 3 aromatic heterocycles. The van der Waals surface area contributed by atoms with E-state index in [4.69, 9.17) is 9.97 Å². The van der Waals surface area contributed by atoms with Gasteiger partial charge in [-0.2, -0.15) is 5.26 Å². The van der Waals surface area contributed by atoms with Crippen LogP contribution in [-0.2, 0) is 0 Å². The first-order valence-electron chi connectivity index (χ1n) is 19.5. The van der Waals surface area contributed by atoms with Gasteiger partial charge in [-0.3, -0.25) is 4.57 Å². The summed E-state index contributed by atoms with van der Waals surface area (Å²) in [5.41, 5.74) is 10.3. The Morgan fingerprint density at radius 2 is 0.948 bits per heavy atom. The number of hydrogen-bond acceptors (Lipinski definition) is 3. The van der Waals surface area contributed by atoms with Crippen LogP contribution in [0.25, 0.3) is 110 Å². The molecule has 12 rings (SSSR count). The lowest BCUT2D eigenvalue weighted by Crippen LogP contribution is -2.03. The minimum atomic E-state index is 0.611. The molecular weight excluding hydrogens is 707 g/mol. The number of para-hydroxylation sites is 3. The third-order valence-corrected chi connectivity index (χ3v) is 11.8. The highest BCUT2D eigenvalue weighted by atomic mass is 15.1. The topological polar surface area (TPSA) is 59.4 Å². The van der Waals surface area contributed by atoms with Crippen molar-refractivity contribution in [1.82, 2.24) is 19.1 Å². The maximum atomic E-state index is 10.0. The highest BCUT2D eigenvalue weighted by molar-refractivity contribution is 6.22. The smallest absolute Gasteiger partial charge is 0.162 e. The Hall–Kier alpha value is -8.07. The van der Waals surface area contributed by atoms with E-state index in [2.05, 4.69) is 173 Å². The lowest BCUT2D eigenvalue weighted by molar-refractivity contribution is 1.08. The third kappa shape index (κ3) is 4.57. The van der Waals surface area contributed by atoms with Gasteiger partial charge in [0.25, 0.3) is 0 Å². The monoisotopic (exact) mass is 737 g/mol. The third-order valence-electron chi connectivity index (χ3n) is 11.8. The zero-order valence-corrected chi connectivity index (χ0v) is 31.1. The summed E-state index contributed by atoms with van der Waals surface area (Å²) in [6, 6.07) is 68.4. The van der Waals surface area contributed by atoms with Gasteiger partial charge in [-0.05, 0) is 76.5 Å². The molecule has 0 atom stereocenters. The molecule has 0 saturated carbocycles. The molecular formula is C53H31N5. The SMILES string of the molecule is N#Cc1ccc(-c2nc(-n3c4ccccc4c4c(-c5cccc6c5c5ccccc5n6-c5ccccc5)cccc43)c3ccc4ccccc4c3n2)c2ccccc12. The fourth-order valence-corrected chi connectivity index (χ4v) is 9.30. The van der Waals surface area contributed by atoms with Crippen molar-refractivity contribution >= 4 is 76.1 Å². The van der Waals surface area contributed by atoms with Gasteiger partial charge in [0.05, 0.1) is 39.2 Å². The summed E-state index contributed by atoms with van der Waals surface area (Å²) in [6.45, 7) is 0. The van der Waals surface area contributed by atoms with Crippen LogP contribution < -0.4 is 0 Å². The molecule has 12 aromatic rings. The second-order valence-electron chi connectivity index (χ2n) is 14.8. The van der Waals surface area contributed by atoms with Crippen molar-refractivity contribution in [2.75, 3.05) is 0 Å². The molecule has 0 unspecified atom stereocenters. The Balaban J connectivity index is 1.20. The van der Waals surface area contributed by atoms with Crippen molar-refractivity contribution in [3.8, 4) is 40.1 Å². The van der Waals surface area contributed by atoms with Crippen LogP contribution in [0.3, 0.4) is 0 Å². The molecule has 0 saturated heterocycles. The van der Waals surface area contributed by atoms with Crippen LogP contribution in [0.4, 0.5) is 0 Å². The van der Waals surface area contributed by atoms with Gasteiger partial charge in [-0.25, -0.2) is 9.97 Å². The normalized spacial score (nSPS) is 11.8. The largest absolute Gasteiger partial charge is 0.309 e. The molecule has 5 nitrogen and oxygen atoms in total. The molecule has 0 spiro atoms. The predicted molar refractivity (Wildman–Crippen MR) is 239 cm³/mol. The molecule has 0 N–H and O–H groups in total. The number of fused-ring (bicyclic) bond motifs is 10. The van der Waals surface area contributed by atoms with E-state index >= 15 is 0 Å². The van der Waals surface area contributed by atoms with Gasteiger partial charge in [0.2, 0.25) is 0 Å². The highest BCUT2D eigenvalue weighted by Crippen LogP contribution is 2.45. The summed E-state index contributed by atoms with van der Waals surface area (Å²) >= 11 is 0. The van der Waals surface area contributed by atoms with E-state index in [-0.39, 0.29) is 0 Å². The van der Waals surface area contributed by atoms with Gasteiger partial charge in [0.15, 0.2) is 5.82 Å². The highest BCUT2D eigenvalue weighted by Gasteiger charge is 2.23. The lowest BCUT2D eigenvalue weighted by atomic mass is 9.95. The summed E-state index contributed by atoms with van der Waals surface area (Å²) in [6.07, 6.45) is 0. The van der Waals surface area contributed by atoms with Crippen molar-refractivity contribution in [2.24, 2.45) is 0 Å². The molecule has 0 bridgehead atoms. The minimum Gasteiger partial charge on any atom is -0.309 e. The van der Waals surface area contributed by atoms with E-state index in [1.165, 1.54) is 32.8 Å². The molecule has 0 aliphatic heterocycles. The maximum absolute atomic E-state index is 10.0. The quantitative estimate of drug-likeness (QED) is 0.169. The van der Waals surface area contributed by atoms with Crippen molar-refractivity contribution in [3.63, 3.8) is 0 Å². The van der Waals surface area contributed by atoms with E-state index in [0.717, 1.165) is 71.5 Å². The van der Waals surface area contributed by atoms with Gasteiger partial charge >= 0.3 is 0 Å². The van der Waals surface area contributed by atoms with E-state index < -0.39 is 0 Å². The van der Waals surface area contributed by atoms with Crippen LogP contribution in [-0.4, -0.2) is 19.1 Å². The van der Waals surface area contributed by atoms with Gasteiger partial charge in [-0.1, -0.05) is 133 Å². The van der Waals surface area contributed by atoms with Gasteiger partial charge in [0.1, 0.15) is 5.82 Å². The Kier molecular flexibility index (Phi) is 6.92. The first-order chi connectivity index (χ1) is 28.8. The van der Waals surface area contributed by atoms with Crippen LogP contribution in [0.2, 0.25) is 0 Å². The van der Waals surface area contributed by atoms with E-state index in [1.807, 2.05) is 30.3 Å². The summed E-state index contributed by atoms with van der Waals surface area (Å²) in [4.78, 5) is 10.9. The first-order valence-corrected chi connectivity index (χ1v) is 19.5. The molecule has 0 aliphatic carbocycles. The molecule has 3 heterocycles. The molecule has 0 fully saturated rings. The number of rotatable bonds is 4. The molecule has 58 heavy (non-hydrogen) atoms. The Morgan fingerprint density at radius 3 is 1.66 bits per heavy atom. The maximum Gasteiger partial charge on any atom is 0.162 e. The number of nitriles is 1. The zero-order chi connectivity index (χ0) is 38.3. The number of benzene rings is 9. The lowest BCUT2D eigenvalue weighted by Gasteiger charge is -2.15. The van der Waals surface area contributed by atoms with Crippen LogP contribution in [0.1, 0.15) is 5.56 Å². The molecule has 9 aromatic carbocycles. The number of nitrogens with zero attached hydrogens (tertiary/aromatic N) is 5. The first kappa shape index (κ1) is 32.2. The molecule has 0 radical (unpaired) electrons. The van der Waals surface area contributed by atoms with Crippen molar-refractivity contribution in [1.29, 1.82) is 5.26 Å². The average Bonchev–Trinajstić information content (AvgIpc) is 3.82. The second kappa shape index (κ2) is 12.5. The van der Waals surface area contributed by atoms with Crippen LogP contribution in [0.5, 0.6) is 0 Å². The van der Waals surface area contributed by atoms with E-state index in [0.29, 0.717) is 11.4 Å². The Labute approximate surface area is 332 Å². The average molecular weight is 738 g/mol. The fourth-order valence-electron chi connectivity index (χ4n) is 9.30. The zero-order valence-electron chi connectivity index (χ0n) is 31.1. The summed E-state index contributed by atoms with van der Waals surface area (Å²) < 4.78 is 4.71. The van der Waals surface area contributed by atoms with Gasteiger partial charge in [-0.15, -0.1) is 0 Å². The fraction of sp³-hybridized carbons (Fsp3) is 0. The van der Waals surface area contributed by atoms with Crippen LogP contribution >= 0.6 is 0 Å². The van der Waals surface area contributed by atoms with Crippen molar-refractivity contribution < 1.29 is 0 Å². The van der Waals surface area contributed by atoms with Crippen molar-refractivity contribution in [3.05, 3.63) is 194 Å². The van der Waals surface area contributed by atoms with E-state index in [9.17, 15) is 5.26 Å². The van der Waals surface area contributed by atoms with E-state index in [1.54, 1.807) is 0 Å². The Bertz CT molecular complexity index is 3700. The van der Waals surface area contributed by atoms with Crippen LogP contribution in [0, 0.1) is 11.3 Å². The summed E-state index contributed by atoms with van der Waals surface area (Å²) in [5.74, 6) is 1.42. The van der Waals surface area contributed by atoms with Crippen LogP contribution in [0.15, 0.2) is 188 Å².